The maximum absolute atomic E-state index is 11.7. The van der Waals surface area contributed by atoms with Crippen LogP contribution in [0.5, 0.6) is 0 Å². The molecule has 1 aromatic rings. The van der Waals surface area contributed by atoms with Gasteiger partial charge < -0.3 is 20.7 Å². The van der Waals surface area contributed by atoms with Gasteiger partial charge in [0.05, 0.1) is 12.6 Å². The minimum absolute atomic E-state index is 0. The van der Waals surface area contributed by atoms with Crippen LogP contribution in [-0.4, -0.2) is 44.8 Å². The first-order valence-electron chi connectivity index (χ1n) is 9.47. The van der Waals surface area contributed by atoms with Crippen molar-refractivity contribution in [1.29, 1.82) is 0 Å². The van der Waals surface area contributed by atoms with Gasteiger partial charge >= 0.3 is 6.09 Å². The van der Waals surface area contributed by atoms with Gasteiger partial charge in [0.1, 0.15) is 0 Å². The van der Waals surface area contributed by atoms with Crippen molar-refractivity contribution in [3.63, 3.8) is 0 Å². The largest absolute Gasteiger partial charge is 0.450 e. The SMILES string of the molecule is CCOC(=O)NC(CNC(=NC)NCC(C)c1cccc(C)c1)C1CC1.I. The van der Waals surface area contributed by atoms with Gasteiger partial charge in [0.25, 0.3) is 0 Å². The predicted molar refractivity (Wildman–Crippen MR) is 121 cm³/mol. The molecule has 3 N–H and O–H groups in total. The van der Waals surface area contributed by atoms with E-state index in [0.29, 0.717) is 25.0 Å². The zero-order chi connectivity index (χ0) is 18.9. The van der Waals surface area contributed by atoms with Crippen molar-refractivity contribution < 1.29 is 9.53 Å². The van der Waals surface area contributed by atoms with E-state index in [1.807, 2.05) is 6.92 Å². The fourth-order valence-electron chi connectivity index (χ4n) is 2.93. The Balaban J connectivity index is 0.00000364. The molecule has 1 saturated carbocycles. The second-order valence-electron chi connectivity index (χ2n) is 6.96. The Hall–Kier alpha value is -1.51. The molecule has 1 fully saturated rings. The van der Waals surface area contributed by atoms with E-state index in [1.165, 1.54) is 11.1 Å². The van der Waals surface area contributed by atoms with Gasteiger partial charge in [-0.1, -0.05) is 36.8 Å². The molecule has 152 valence electrons. The van der Waals surface area contributed by atoms with E-state index in [1.54, 1.807) is 7.05 Å². The summed E-state index contributed by atoms with van der Waals surface area (Å²) in [4.78, 5) is 16.0. The second kappa shape index (κ2) is 12.0. The minimum Gasteiger partial charge on any atom is -0.450 e. The second-order valence-corrected chi connectivity index (χ2v) is 6.96. The van der Waals surface area contributed by atoms with E-state index < -0.39 is 0 Å². The zero-order valence-corrected chi connectivity index (χ0v) is 19.1. The maximum atomic E-state index is 11.7. The fraction of sp³-hybridized carbons (Fsp3) is 0.600. The minimum atomic E-state index is -0.345. The number of carbonyl (C=O) groups excluding carboxylic acids is 1. The van der Waals surface area contributed by atoms with Gasteiger partial charge in [0, 0.05) is 20.1 Å². The van der Waals surface area contributed by atoms with Crippen LogP contribution in [0.2, 0.25) is 0 Å². The Bertz CT molecular complexity index is 620. The molecule has 2 rings (SSSR count). The van der Waals surface area contributed by atoms with E-state index in [2.05, 4.69) is 59.1 Å². The van der Waals surface area contributed by atoms with Crippen molar-refractivity contribution in [2.75, 3.05) is 26.7 Å². The molecule has 0 radical (unpaired) electrons. The Morgan fingerprint density at radius 1 is 1.30 bits per heavy atom. The summed E-state index contributed by atoms with van der Waals surface area (Å²) in [6, 6.07) is 8.65. The number of halogens is 1. The first kappa shape index (κ1) is 23.5. The highest BCUT2D eigenvalue weighted by Gasteiger charge is 2.32. The monoisotopic (exact) mass is 488 g/mol. The molecular weight excluding hydrogens is 455 g/mol. The van der Waals surface area contributed by atoms with Crippen LogP contribution in [0.4, 0.5) is 4.79 Å². The topological polar surface area (TPSA) is 74.8 Å². The standard InChI is InChI=1S/C20H32N4O2.HI/c1-5-26-20(25)24-18(16-9-10-16)13-23-19(21-4)22-12-15(3)17-8-6-7-14(2)11-17;/h6-8,11,15-16,18H,5,9-10,12-13H2,1-4H3,(H,24,25)(H2,21,22,23);1H. The highest BCUT2D eigenvalue weighted by molar-refractivity contribution is 14.0. The summed E-state index contributed by atoms with van der Waals surface area (Å²) in [6.07, 6.45) is 1.95. The molecule has 27 heavy (non-hydrogen) atoms. The molecular formula is C20H33IN4O2. The van der Waals surface area contributed by atoms with Crippen molar-refractivity contribution in [3.8, 4) is 0 Å². The van der Waals surface area contributed by atoms with Crippen molar-refractivity contribution in [1.82, 2.24) is 16.0 Å². The third-order valence-electron chi connectivity index (χ3n) is 4.67. The zero-order valence-electron chi connectivity index (χ0n) is 16.7. The van der Waals surface area contributed by atoms with Gasteiger partial charge in [0.15, 0.2) is 5.96 Å². The van der Waals surface area contributed by atoms with Gasteiger partial charge in [-0.3, -0.25) is 4.99 Å². The fourth-order valence-corrected chi connectivity index (χ4v) is 2.93. The Labute approximate surface area is 179 Å². The molecule has 2 unspecified atom stereocenters. The number of ether oxygens (including phenoxy) is 1. The van der Waals surface area contributed by atoms with E-state index in [4.69, 9.17) is 4.74 Å². The molecule has 1 aliphatic carbocycles. The number of aryl methyl sites for hydroxylation is 1. The summed E-state index contributed by atoms with van der Waals surface area (Å²) in [5.41, 5.74) is 2.59. The van der Waals surface area contributed by atoms with Crippen LogP contribution in [0.15, 0.2) is 29.3 Å². The van der Waals surface area contributed by atoms with Crippen LogP contribution in [0.1, 0.15) is 43.7 Å². The molecule has 0 bridgehead atoms. The number of hydrogen-bond donors (Lipinski definition) is 3. The summed E-state index contributed by atoms with van der Waals surface area (Å²) < 4.78 is 5.00. The van der Waals surface area contributed by atoms with Crippen LogP contribution in [0, 0.1) is 12.8 Å². The summed E-state index contributed by atoms with van der Waals surface area (Å²) in [7, 11) is 1.76. The number of nitrogens with zero attached hydrogens (tertiary/aromatic N) is 1. The molecule has 0 heterocycles. The molecule has 0 aromatic heterocycles. The van der Waals surface area contributed by atoms with Gasteiger partial charge in [-0.25, -0.2) is 4.79 Å². The lowest BCUT2D eigenvalue weighted by Gasteiger charge is -2.21. The lowest BCUT2D eigenvalue weighted by atomic mass is 9.99. The molecule has 6 nitrogen and oxygen atoms in total. The van der Waals surface area contributed by atoms with Crippen LogP contribution in [-0.2, 0) is 4.74 Å². The molecule has 0 aliphatic heterocycles. The third-order valence-corrected chi connectivity index (χ3v) is 4.67. The van der Waals surface area contributed by atoms with E-state index in [9.17, 15) is 4.79 Å². The number of hydrogen-bond acceptors (Lipinski definition) is 3. The number of alkyl carbamates (subject to hydrolysis) is 1. The average molecular weight is 488 g/mol. The number of aliphatic imine (C=N–C) groups is 1. The van der Waals surface area contributed by atoms with Gasteiger partial charge in [-0.2, -0.15) is 0 Å². The normalized spacial score (nSPS) is 15.9. The first-order valence-corrected chi connectivity index (χ1v) is 9.47. The van der Waals surface area contributed by atoms with E-state index in [-0.39, 0.29) is 36.1 Å². The lowest BCUT2D eigenvalue weighted by molar-refractivity contribution is 0.146. The maximum Gasteiger partial charge on any atom is 0.407 e. The number of nitrogens with one attached hydrogen (secondary N) is 3. The highest BCUT2D eigenvalue weighted by Crippen LogP contribution is 2.32. The molecule has 1 aliphatic rings. The van der Waals surface area contributed by atoms with Crippen LogP contribution >= 0.6 is 24.0 Å². The van der Waals surface area contributed by atoms with Crippen LogP contribution in [0.25, 0.3) is 0 Å². The molecule has 2 atom stereocenters. The quantitative estimate of drug-likeness (QED) is 0.298. The highest BCUT2D eigenvalue weighted by atomic mass is 127. The average Bonchev–Trinajstić information content (AvgIpc) is 3.45. The third kappa shape index (κ3) is 8.36. The summed E-state index contributed by atoms with van der Waals surface area (Å²) in [5.74, 6) is 1.65. The molecule has 0 saturated heterocycles. The van der Waals surface area contributed by atoms with E-state index in [0.717, 1.165) is 25.3 Å². The van der Waals surface area contributed by atoms with Crippen molar-refractivity contribution in [3.05, 3.63) is 35.4 Å². The first-order chi connectivity index (χ1) is 12.5. The number of amides is 1. The van der Waals surface area contributed by atoms with Gasteiger partial charge in [-0.15, -0.1) is 24.0 Å². The number of benzene rings is 1. The number of carbonyl (C=O) groups is 1. The molecule has 7 heteroatoms. The van der Waals surface area contributed by atoms with Crippen LogP contribution < -0.4 is 16.0 Å². The molecule has 1 amide bonds. The number of rotatable bonds is 8. The Morgan fingerprint density at radius 2 is 2.00 bits per heavy atom. The van der Waals surface area contributed by atoms with Crippen molar-refractivity contribution in [2.24, 2.45) is 10.9 Å². The van der Waals surface area contributed by atoms with Crippen molar-refractivity contribution in [2.45, 2.75) is 45.6 Å². The van der Waals surface area contributed by atoms with E-state index >= 15 is 0 Å². The summed E-state index contributed by atoms with van der Waals surface area (Å²) in [6.45, 7) is 7.94. The lowest BCUT2D eigenvalue weighted by Crippen LogP contribution is -2.48. The Kier molecular flexibility index (Phi) is 10.5. The smallest absolute Gasteiger partial charge is 0.407 e. The van der Waals surface area contributed by atoms with Crippen LogP contribution in [0.3, 0.4) is 0 Å². The van der Waals surface area contributed by atoms with Gasteiger partial charge in [-0.05, 0) is 44.1 Å². The predicted octanol–water partition coefficient (Wildman–Crippen LogP) is 3.41. The van der Waals surface area contributed by atoms with Gasteiger partial charge in [0.2, 0.25) is 0 Å². The Morgan fingerprint density at radius 3 is 2.59 bits per heavy atom. The van der Waals surface area contributed by atoms with Crippen molar-refractivity contribution >= 4 is 36.0 Å². The molecule has 0 spiro atoms. The number of guanidine groups is 1. The molecule has 1 aromatic carbocycles. The summed E-state index contributed by atoms with van der Waals surface area (Å²) >= 11 is 0. The summed E-state index contributed by atoms with van der Waals surface area (Å²) in [5, 5.41) is 9.65.